The summed E-state index contributed by atoms with van der Waals surface area (Å²) in [4.78, 5) is 14.5. The molecule has 6 unspecified atom stereocenters. The van der Waals surface area contributed by atoms with Crippen molar-refractivity contribution in [3.8, 4) is 5.75 Å². The summed E-state index contributed by atoms with van der Waals surface area (Å²) in [5.41, 5.74) is 4.84. The average Bonchev–Trinajstić information content (AvgIpc) is 3.48. The van der Waals surface area contributed by atoms with E-state index in [1.54, 1.807) is 6.07 Å². The molecule has 5 aliphatic heterocycles. The average molecular weight is 567 g/mol. The van der Waals surface area contributed by atoms with E-state index in [-0.39, 0.29) is 11.5 Å². The van der Waals surface area contributed by atoms with Crippen molar-refractivity contribution in [1.82, 2.24) is 14.8 Å². The van der Waals surface area contributed by atoms with Crippen molar-refractivity contribution in [2.75, 3.05) is 32.7 Å². The number of nitrogens with zero attached hydrogens (tertiary/aromatic N) is 3. The first kappa shape index (κ1) is 26.9. The van der Waals surface area contributed by atoms with Gasteiger partial charge >= 0.3 is 0 Å². The third kappa shape index (κ3) is 4.28. The van der Waals surface area contributed by atoms with Crippen molar-refractivity contribution < 1.29 is 10.2 Å². The van der Waals surface area contributed by atoms with Crippen LogP contribution in [0.5, 0.6) is 5.75 Å². The van der Waals surface area contributed by atoms with Crippen molar-refractivity contribution in [3.05, 3.63) is 65.4 Å². The standard InChI is InChI=1S/C36H46N4O2/c41-26-12-13-31-28(21-26)27-14-17-37-32(33(27)38-31)29-23-36(42)16-8-4-1-2-5-9-18-39-20-15-30(29)35(24-39)22-25-11-7-3-6-10-19-40(25)34(35)36/h1,4,7,11-13,21,23,25,30,34,38,41-42H,2-3,5-6,8-10,14-20,22,24H2. The Kier molecular flexibility index (Phi) is 6.73. The second-order valence-electron chi connectivity index (χ2n) is 14.0. The van der Waals surface area contributed by atoms with E-state index in [1.165, 1.54) is 43.2 Å². The lowest BCUT2D eigenvalue weighted by molar-refractivity contribution is -0.0948. The lowest BCUT2D eigenvalue weighted by atomic mass is 9.54. The van der Waals surface area contributed by atoms with Gasteiger partial charge in [0, 0.05) is 35.4 Å². The van der Waals surface area contributed by atoms with E-state index in [1.807, 2.05) is 12.1 Å². The van der Waals surface area contributed by atoms with Crippen LogP contribution in [0.15, 0.2) is 59.1 Å². The lowest BCUT2D eigenvalue weighted by Crippen LogP contribution is -2.66. The number of aromatic hydroxyl groups is 1. The highest BCUT2D eigenvalue weighted by atomic mass is 16.3. The number of hydrogen-bond acceptors (Lipinski definition) is 5. The Morgan fingerprint density at radius 3 is 2.76 bits per heavy atom. The monoisotopic (exact) mass is 566 g/mol. The van der Waals surface area contributed by atoms with Gasteiger partial charge in [-0.2, -0.15) is 0 Å². The van der Waals surface area contributed by atoms with Crippen LogP contribution in [-0.2, 0) is 6.42 Å². The molecular formula is C36H46N4O2. The van der Waals surface area contributed by atoms with Crippen LogP contribution in [0, 0.1) is 11.3 Å². The lowest BCUT2D eigenvalue weighted by Gasteiger charge is -2.58. The number of piperidine rings is 1. The third-order valence-electron chi connectivity index (χ3n) is 11.5. The summed E-state index contributed by atoms with van der Waals surface area (Å²) >= 11 is 0. The molecule has 6 nitrogen and oxygen atoms in total. The van der Waals surface area contributed by atoms with Crippen molar-refractivity contribution >= 4 is 16.6 Å². The number of phenols is 1. The van der Waals surface area contributed by atoms with Crippen LogP contribution in [0.4, 0.5) is 0 Å². The Bertz CT molecular complexity index is 1480. The van der Waals surface area contributed by atoms with Crippen LogP contribution in [0.1, 0.15) is 75.5 Å². The van der Waals surface area contributed by atoms with E-state index in [0.717, 1.165) is 93.6 Å². The fourth-order valence-corrected chi connectivity index (χ4v) is 9.88. The van der Waals surface area contributed by atoms with Crippen molar-refractivity contribution in [2.24, 2.45) is 16.3 Å². The molecule has 2 aromatic rings. The molecule has 3 N–H and O–H groups in total. The zero-order chi connectivity index (χ0) is 28.3. The summed E-state index contributed by atoms with van der Waals surface area (Å²) < 4.78 is 0. The second kappa shape index (κ2) is 10.5. The van der Waals surface area contributed by atoms with Crippen molar-refractivity contribution in [1.29, 1.82) is 0 Å². The van der Waals surface area contributed by atoms with Crippen LogP contribution in [0.3, 0.4) is 0 Å². The molecule has 1 aliphatic carbocycles. The Morgan fingerprint density at radius 2 is 1.83 bits per heavy atom. The first-order valence-electron chi connectivity index (χ1n) is 16.7. The molecule has 0 amide bonds. The second-order valence-corrected chi connectivity index (χ2v) is 14.0. The zero-order valence-electron chi connectivity index (χ0n) is 24.9. The summed E-state index contributed by atoms with van der Waals surface area (Å²) in [6, 6.07) is 6.16. The molecular weight excluding hydrogens is 520 g/mol. The molecule has 1 aromatic heterocycles. The third-order valence-corrected chi connectivity index (χ3v) is 11.5. The highest BCUT2D eigenvalue weighted by Crippen LogP contribution is 2.60. The topological polar surface area (TPSA) is 75.1 Å². The molecule has 6 heterocycles. The molecule has 6 heteroatoms. The van der Waals surface area contributed by atoms with Gasteiger partial charge in [-0.05, 0) is 132 Å². The van der Waals surface area contributed by atoms with Crippen LogP contribution in [0.25, 0.3) is 10.9 Å². The Morgan fingerprint density at radius 1 is 0.976 bits per heavy atom. The van der Waals surface area contributed by atoms with E-state index in [2.05, 4.69) is 45.2 Å². The van der Waals surface area contributed by atoms with Crippen LogP contribution in [-0.4, -0.2) is 81.1 Å². The van der Waals surface area contributed by atoms with E-state index in [9.17, 15) is 10.2 Å². The van der Waals surface area contributed by atoms with Gasteiger partial charge in [0.25, 0.3) is 0 Å². The van der Waals surface area contributed by atoms with Crippen LogP contribution >= 0.6 is 0 Å². The first-order chi connectivity index (χ1) is 20.6. The summed E-state index contributed by atoms with van der Waals surface area (Å²) in [5.74, 6) is 0.674. The highest BCUT2D eigenvalue weighted by molar-refractivity contribution is 6.16. The van der Waals surface area contributed by atoms with Crippen molar-refractivity contribution in [3.63, 3.8) is 0 Å². The minimum Gasteiger partial charge on any atom is -0.508 e. The van der Waals surface area contributed by atoms with E-state index < -0.39 is 5.60 Å². The SMILES string of the molecule is Oc1ccc2[nH]c3c(c2c1)CCN=C3C1=CC2(O)CCC=CCCCCN3CCC1C1(CC4C=CCCCCN4C21)C3. The van der Waals surface area contributed by atoms with Gasteiger partial charge < -0.3 is 20.1 Å². The smallest absolute Gasteiger partial charge is 0.116 e. The minimum absolute atomic E-state index is 0.0153. The molecule has 2 fully saturated rings. The summed E-state index contributed by atoms with van der Waals surface area (Å²) in [5, 5.41) is 24.5. The number of allylic oxidation sites excluding steroid dienone is 4. The number of fused-ring (bicyclic) bond motifs is 5. The summed E-state index contributed by atoms with van der Waals surface area (Å²) in [7, 11) is 0. The van der Waals surface area contributed by atoms with Gasteiger partial charge in [0.1, 0.15) is 5.75 Å². The first-order valence-corrected chi connectivity index (χ1v) is 16.7. The maximum Gasteiger partial charge on any atom is 0.116 e. The number of aliphatic imine (C=N–C) groups is 1. The number of rotatable bonds is 1. The number of aromatic nitrogens is 1. The molecule has 8 rings (SSSR count). The molecule has 1 aromatic carbocycles. The van der Waals surface area contributed by atoms with Crippen LogP contribution in [0.2, 0.25) is 0 Å². The molecule has 1 spiro atoms. The number of benzene rings is 1. The van der Waals surface area contributed by atoms with Crippen molar-refractivity contribution in [2.45, 2.75) is 88.3 Å². The molecule has 222 valence electrons. The van der Waals surface area contributed by atoms with Gasteiger partial charge in [-0.3, -0.25) is 9.89 Å². The molecule has 6 atom stereocenters. The number of aliphatic hydroxyl groups is 1. The Labute approximate surface area is 249 Å². The zero-order valence-corrected chi connectivity index (χ0v) is 24.9. The van der Waals surface area contributed by atoms with Gasteiger partial charge in [0.05, 0.1) is 23.0 Å². The Balaban J connectivity index is 1.31. The normalized spacial score (nSPS) is 36.9. The molecule has 42 heavy (non-hydrogen) atoms. The van der Waals surface area contributed by atoms with Gasteiger partial charge in [-0.15, -0.1) is 0 Å². The fraction of sp³-hybridized carbons (Fsp3) is 0.583. The van der Waals surface area contributed by atoms with Gasteiger partial charge in [-0.25, -0.2) is 0 Å². The van der Waals surface area contributed by atoms with Gasteiger partial charge in [0.15, 0.2) is 0 Å². The minimum atomic E-state index is -0.917. The predicted octanol–water partition coefficient (Wildman–Crippen LogP) is 5.90. The maximum atomic E-state index is 13.1. The quantitative estimate of drug-likeness (QED) is 0.376. The van der Waals surface area contributed by atoms with E-state index in [0.29, 0.717) is 17.7 Å². The fourth-order valence-electron chi connectivity index (χ4n) is 9.88. The Hall–Kier alpha value is -2.67. The molecule has 2 saturated heterocycles. The number of phenolic OH excluding ortho intramolecular Hbond substituents is 1. The molecule has 6 aliphatic rings. The summed E-state index contributed by atoms with van der Waals surface area (Å²) in [6.45, 7) is 5.16. The number of hydrogen-bond donors (Lipinski definition) is 3. The molecule has 3 bridgehead atoms. The maximum absolute atomic E-state index is 13.1. The van der Waals surface area contributed by atoms with Gasteiger partial charge in [0.2, 0.25) is 0 Å². The van der Waals surface area contributed by atoms with Crippen LogP contribution < -0.4 is 0 Å². The number of aromatic amines is 1. The molecule has 0 saturated carbocycles. The van der Waals surface area contributed by atoms with Gasteiger partial charge in [-0.1, -0.05) is 24.3 Å². The number of nitrogens with one attached hydrogen (secondary N) is 1. The predicted molar refractivity (Wildman–Crippen MR) is 169 cm³/mol. The number of H-pyrrole nitrogens is 1. The summed E-state index contributed by atoms with van der Waals surface area (Å²) in [6.07, 6.45) is 23.9. The highest BCUT2D eigenvalue weighted by Gasteiger charge is 2.66. The van der Waals surface area contributed by atoms with E-state index >= 15 is 0 Å². The largest absolute Gasteiger partial charge is 0.508 e. The van der Waals surface area contributed by atoms with E-state index in [4.69, 9.17) is 4.99 Å². The molecule has 0 radical (unpaired) electrons.